The van der Waals surface area contributed by atoms with Crippen LogP contribution in [0, 0.1) is 11.8 Å². The predicted octanol–water partition coefficient (Wildman–Crippen LogP) is 3.70. The van der Waals surface area contributed by atoms with Gasteiger partial charge in [0.15, 0.2) is 0 Å². The molecule has 0 aliphatic heterocycles. The molecule has 1 heteroatoms. The summed E-state index contributed by atoms with van der Waals surface area (Å²) in [5, 5.41) is 10.1. The molecule has 0 radical (unpaired) electrons. The highest BCUT2D eigenvalue weighted by atomic mass is 16.3. The molecular formula is C14H24O. The van der Waals surface area contributed by atoms with Crippen molar-refractivity contribution in [2.24, 2.45) is 11.8 Å². The van der Waals surface area contributed by atoms with Crippen LogP contribution in [0.25, 0.3) is 0 Å². The molecule has 0 heterocycles. The first kappa shape index (κ1) is 12.5. The summed E-state index contributed by atoms with van der Waals surface area (Å²) >= 11 is 0. The molecule has 0 amide bonds. The van der Waals surface area contributed by atoms with Gasteiger partial charge in [-0.1, -0.05) is 18.1 Å². The van der Waals surface area contributed by atoms with Crippen LogP contribution in [0.1, 0.15) is 45.4 Å². The summed E-state index contributed by atoms with van der Waals surface area (Å²) in [6, 6.07) is 0. The first-order chi connectivity index (χ1) is 7.13. The first-order valence-corrected chi connectivity index (χ1v) is 6.08. The maximum Gasteiger partial charge on any atom is 0.0571 e. The van der Waals surface area contributed by atoms with Gasteiger partial charge in [-0.15, -0.1) is 13.2 Å². The Balaban J connectivity index is 2.34. The molecule has 0 aromatic heterocycles. The van der Waals surface area contributed by atoms with E-state index < -0.39 is 0 Å². The molecule has 15 heavy (non-hydrogen) atoms. The number of allylic oxidation sites excluding steroid dienone is 2. The maximum absolute atomic E-state index is 10.1. The Morgan fingerprint density at radius 1 is 1.53 bits per heavy atom. The van der Waals surface area contributed by atoms with Crippen LogP contribution in [0.3, 0.4) is 0 Å². The third kappa shape index (κ3) is 4.21. The van der Waals surface area contributed by atoms with Crippen LogP contribution in [-0.4, -0.2) is 11.2 Å². The summed E-state index contributed by atoms with van der Waals surface area (Å²) in [7, 11) is 0. The average Bonchev–Trinajstić information content (AvgIpc) is 2.26. The van der Waals surface area contributed by atoms with Crippen molar-refractivity contribution in [2.75, 3.05) is 0 Å². The molecule has 0 aromatic rings. The lowest BCUT2D eigenvalue weighted by molar-refractivity contribution is 0.0688. The quantitative estimate of drug-likeness (QED) is 0.683. The van der Waals surface area contributed by atoms with E-state index in [1.165, 1.54) is 24.8 Å². The summed E-state index contributed by atoms with van der Waals surface area (Å²) < 4.78 is 0. The van der Waals surface area contributed by atoms with Crippen LogP contribution in [0.2, 0.25) is 0 Å². The lowest BCUT2D eigenvalue weighted by Gasteiger charge is -2.30. The Kier molecular flexibility index (Phi) is 5.10. The van der Waals surface area contributed by atoms with Crippen molar-refractivity contribution in [2.45, 2.75) is 51.6 Å². The van der Waals surface area contributed by atoms with Crippen LogP contribution in [0.5, 0.6) is 0 Å². The number of hydrogen-bond acceptors (Lipinski definition) is 1. The lowest BCUT2D eigenvalue weighted by atomic mass is 9.77. The fraction of sp³-hybridized carbons (Fsp3) is 0.714. The van der Waals surface area contributed by atoms with E-state index in [0.29, 0.717) is 11.8 Å². The third-order valence-electron chi connectivity index (χ3n) is 3.50. The molecule has 1 aliphatic rings. The third-order valence-corrected chi connectivity index (χ3v) is 3.50. The minimum absolute atomic E-state index is 0.135. The molecule has 86 valence electrons. The highest BCUT2D eigenvalue weighted by Gasteiger charge is 2.25. The summed E-state index contributed by atoms with van der Waals surface area (Å²) in [6.07, 6.45) is 8.56. The van der Waals surface area contributed by atoms with Gasteiger partial charge in [-0.25, -0.2) is 0 Å². The van der Waals surface area contributed by atoms with E-state index in [0.717, 1.165) is 19.3 Å². The van der Waals surface area contributed by atoms with Crippen molar-refractivity contribution in [3.8, 4) is 0 Å². The minimum atomic E-state index is -0.135. The SMILES string of the molecule is C=C[C@@H]1CCC[C@H](C(O)CCC(=C)C)C1. The van der Waals surface area contributed by atoms with Gasteiger partial charge >= 0.3 is 0 Å². The molecule has 0 aromatic carbocycles. The molecular weight excluding hydrogens is 184 g/mol. The zero-order valence-corrected chi connectivity index (χ0v) is 9.91. The van der Waals surface area contributed by atoms with Gasteiger partial charge in [-0.05, 0) is 50.9 Å². The van der Waals surface area contributed by atoms with Crippen LogP contribution in [0.4, 0.5) is 0 Å². The van der Waals surface area contributed by atoms with Crippen molar-refractivity contribution < 1.29 is 5.11 Å². The van der Waals surface area contributed by atoms with E-state index in [1.54, 1.807) is 0 Å². The van der Waals surface area contributed by atoms with E-state index in [9.17, 15) is 5.11 Å². The Morgan fingerprint density at radius 3 is 2.87 bits per heavy atom. The number of rotatable bonds is 5. The monoisotopic (exact) mass is 208 g/mol. The second-order valence-corrected chi connectivity index (χ2v) is 4.99. The van der Waals surface area contributed by atoms with Gasteiger partial charge < -0.3 is 5.11 Å². The largest absolute Gasteiger partial charge is 0.393 e. The Hall–Kier alpha value is -0.560. The van der Waals surface area contributed by atoms with Gasteiger partial charge in [0.1, 0.15) is 0 Å². The molecule has 1 unspecified atom stereocenters. The van der Waals surface area contributed by atoms with Gasteiger partial charge in [0.05, 0.1) is 6.10 Å². The van der Waals surface area contributed by atoms with Gasteiger partial charge in [-0.3, -0.25) is 0 Å². The fourth-order valence-electron chi connectivity index (χ4n) is 2.46. The fourth-order valence-corrected chi connectivity index (χ4v) is 2.46. The van der Waals surface area contributed by atoms with E-state index >= 15 is 0 Å². The molecule has 1 N–H and O–H groups in total. The van der Waals surface area contributed by atoms with Crippen LogP contribution >= 0.6 is 0 Å². The van der Waals surface area contributed by atoms with Gasteiger partial charge in [-0.2, -0.15) is 0 Å². The summed E-state index contributed by atoms with van der Waals surface area (Å²) in [5.74, 6) is 1.12. The van der Waals surface area contributed by atoms with E-state index in [2.05, 4.69) is 19.2 Å². The van der Waals surface area contributed by atoms with Crippen molar-refractivity contribution in [1.29, 1.82) is 0 Å². The number of aliphatic hydroxyl groups is 1. The highest BCUT2D eigenvalue weighted by molar-refractivity contribution is 4.91. The molecule has 1 nitrogen and oxygen atoms in total. The Bertz CT molecular complexity index is 219. The molecule has 1 aliphatic carbocycles. The lowest BCUT2D eigenvalue weighted by Crippen LogP contribution is -2.26. The Labute approximate surface area is 93.9 Å². The molecule has 1 fully saturated rings. The maximum atomic E-state index is 10.1. The van der Waals surface area contributed by atoms with Crippen LogP contribution in [0.15, 0.2) is 24.8 Å². The van der Waals surface area contributed by atoms with E-state index in [1.807, 2.05) is 6.92 Å². The normalized spacial score (nSPS) is 28.4. The van der Waals surface area contributed by atoms with Crippen molar-refractivity contribution in [3.05, 3.63) is 24.8 Å². The smallest absolute Gasteiger partial charge is 0.0571 e. The molecule has 0 saturated heterocycles. The molecule has 1 rings (SSSR count). The summed E-state index contributed by atoms with van der Waals surface area (Å²) in [5.41, 5.74) is 1.17. The van der Waals surface area contributed by atoms with Crippen molar-refractivity contribution >= 4 is 0 Å². The molecule has 0 spiro atoms. The zero-order chi connectivity index (χ0) is 11.3. The summed E-state index contributed by atoms with van der Waals surface area (Å²) in [6.45, 7) is 9.76. The van der Waals surface area contributed by atoms with Crippen LogP contribution in [-0.2, 0) is 0 Å². The number of aliphatic hydroxyl groups excluding tert-OH is 1. The standard InChI is InChI=1S/C14H24O/c1-4-12-6-5-7-13(10-12)14(15)9-8-11(2)3/h4,12-15H,1-2,5-10H2,3H3/t12-,13+,14?/m1/s1. The highest BCUT2D eigenvalue weighted by Crippen LogP contribution is 2.33. The van der Waals surface area contributed by atoms with Gasteiger partial charge in [0.2, 0.25) is 0 Å². The predicted molar refractivity (Wildman–Crippen MR) is 65.7 cm³/mol. The van der Waals surface area contributed by atoms with Gasteiger partial charge in [0, 0.05) is 0 Å². The minimum Gasteiger partial charge on any atom is -0.393 e. The second-order valence-electron chi connectivity index (χ2n) is 4.99. The molecule has 3 atom stereocenters. The van der Waals surface area contributed by atoms with Crippen LogP contribution < -0.4 is 0 Å². The first-order valence-electron chi connectivity index (χ1n) is 6.08. The number of hydrogen-bond donors (Lipinski definition) is 1. The van der Waals surface area contributed by atoms with Crippen molar-refractivity contribution in [1.82, 2.24) is 0 Å². The zero-order valence-electron chi connectivity index (χ0n) is 9.91. The van der Waals surface area contributed by atoms with Crippen molar-refractivity contribution in [3.63, 3.8) is 0 Å². The van der Waals surface area contributed by atoms with E-state index in [4.69, 9.17) is 0 Å². The molecule has 1 saturated carbocycles. The summed E-state index contributed by atoms with van der Waals surface area (Å²) in [4.78, 5) is 0. The molecule has 0 bridgehead atoms. The second kappa shape index (κ2) is 6.12. The van der Waals surface area contributed by atoms with E-state index in [-0.39, 0.29) is 6.10 Å². The Morgan fingerprint density at radius 2 is 2.27 bits per heavy atom. The average molecular weight is 208 g/mol. The topological polar surface area (TPSA) is 20.2 Å². The van der Waals surface area contributed by atoms with Gasteiger partial charge in [0.25, 0.3) is 0 Å².